The molecule has 2 unspecified atom stereocenters. The summed E-state index contributed by atoms with van der Waals surface area (Å²) in [5, 5.41) is 7.41. The number of hydrogen-bond acceptors (Lipinski definition) is 6. The van der Waals surface area contributed by atoms with E-state index in [1.54, 1.807) is 0 Å². The highest BCUT2D eigenvalue weighted by molar-refractivity contribution is 8.54. The standard InChI is InChI=1S/C44H87N4OPS/c1-6-10-13-15-16-17-18-19-20-21-22-23-24-25-26-28-34-46-35-30-36-48(39-47-44-33-32-42(9-4)38-43(44)45)40-51-50(37-29-12-8-3)49-41(5)31-27-14-11-7-2/h32-33,38,41,46-47H,6-31,34-37,39-40,45H2,1-5H3. The van der Waals surface area contributed by atoms with Crippen molar-refractivity contribution in [2.24, 2.45) is 0 Å². The van der Waals surface area contributed by atoms with Crippen LogP contribution in [0.1, 0.15) is 201 Å². The first-order chi connectivity index (χ1) is 25.0. The quantitative estimate of drug-likeness (QED) is 0.0270. The maximum absolute atomic E-state index is 6.73. The molecular formula is C44H87N4OPS. The normalized spacial score (nSPS) is 12.9. The van der Waals surface area contributed by atoms with Gasteiger partial charge in [0, 0.05) is 12.7 Å². The number of unbranched alkanes of at least 4 members (excludes halogenated alkanes) is 20. The van der Waals surface area contributed by atoms with Gasteiger partial charge in [-0.15, -0.1) is 0 Å². The van der Waals surface area contributed by atoms with Crippen LogP contribution in [0.2, 0.25) is 0 Å². The van der Waals surface area contributed by atoms with Gasteiger partial charge in [0.1, 0.15) is 0 Å². The summed E-state index contributed by atoms with van der Waals surface area (Å²) >= 11 is 2.07. The SMILES string of the molecule is CCCCCCCCCCCCCCCCCCNCCCN(CNc1ccc(CC)cc1N)CSP(CCCCC)OC(C)CCCCCC. The number of benzene rings is 1. The second-order valence-corrected chi connectivity index (χ2v) is 19.0. The molecule has 0 aliphatic heterocycles. The molecule has 0 amide bonds. The third-order valence-electron chi connectivity index (χ3n) is 10.1. The van der Waals surface area contributed by atoms with E-state index in [1.165, 1.54) is 166 Å². The number of anilines is 2. The lowest BCUT2D eigenvalue weighted by Crippen LogP contribution is -2.32. The Bertz CT molecular complexity index is 878. The Labute approximate surface area is 324 Å². The van der Waals surface area contributed by atoms with Crippen molar-refractivity contribution >= 4 is 30.1 Å². The van der Waals surface area contributed by atoms with Crippen molar-refractivity contribution in [1.82, 2.24) is 10.2 Å². The van der Waals surface area contributed by atoms with E-state index < -0.39 is 7.35 Å². The molecule has 4 N–H and O–H groups in total. The fourth-order valence-corrected chi connectivity index (χ4v) is 10.7. The Balaban J connectivity index is 2.36. The molecule has 0 radical (unpaired) electrons. The summed E-state index contributed by atoms with van der Waals surface area (Å²) in [6.45, 7) is 15.5. The van der Waals surface area contributed by atoms with Crippen LogP contribution in [0.25, 0.3) is 0 Å². The van der Waals surface area contributed by atoms with Crippen molar-refractivity contribution in [3.63, 3.8) is 0 Å². The van der Waals surface area contributed by atoms with Crippen molar-refractivity contribution in [2.45, 2.75) is 208 Å². The minimum atomic E-state index is -0.481. The number of nitrogens with zero attached hydrogens (tertiary/aromatic N) is 1. The number of hydrogen-bond donors (Lipinski definition) is 3. The highest BCUT2D eigenvalue weighted by Crippen LogP contribution is 2.53. The smallest absolute Gasteiger partial charge is 0.0903 e. The van der Waals surface area contributed by atoms with Gasteiger partial charge in [0.05, 0.1) is 37.4 Å². The predicted octanol–water partition coefficient (Wildman–Crippen LogP) is 14.3. The molecule has 1 aromatic carbocycles. The Kier molecular flexibility index (Phi) is 34.7. The third-order valence-corrected chi connectivity index (χ3v) is 14.2. The lowest BCUT2D eigenvalue weighted by Gasteiger charge is -2.27. The van der Waals surface area contributed by atoms with Gasteiger partial charge >= 0.3 is 0 Å². The molecule has 1 aromatic rings. The molecular weight excluding hydrogens is 664 g/mol. The minimum Gasteiger partial charge on any atom is -0.397 e. The van der Waals surface area contributed by atoms with Crippen molar-refractivity contribution in [3.05, 3.63) is 23.8 Å². The van der Waals surface area contributed by atoms with E-state index in [4.69, 9.17) is 10.3 Å². The molecule has 1 rings (SSSR count). The highest BCUT2D eigenvalue weighted by atomic mass is 32.7. The van der Waals surface area contributed by atoms with Gasteiger partial charge in [-0.3, -0.25) is 4.90 Å². The molecule has 0 saturated heterocycles. The zero-order chi connectivity index (χ0) is 37.0. The largest absolute Gasteiger partial charge is 0.397 e. The summed E-state index contributed by atoms with van der Waals surface area (Å²) in [5.74, 6) is 0.999. The second-order valence-electron chi connectivity index (χ2n) is 15.2. The molecule has 0 saturated carbocycles. The van der Waals surface area contributed by atoms with Gasteiger partial charge in [-0.25, -0.2) is 0 Å². The summed E-state index contributed by atoms with van der Waals surface area (Å²) in [5.41, 5.74) is 9.62. The number of aryl methyl sites for hydroxylation is 1. The Hall–Kier alpha value is -0.520. The number of nitrogens with two attached hydrogens (primary N) is 1. The predicted molar refractivity (Wildman–Crippen MR) is 236 cm³/mol. The monoisotopic (exact) mass is 751 g/mol. The molecule has 51 heavy (non-hydrogen) atoms. The summed E-state index contributed by atoms with van der Waals surface area (Å²) in [4.78, 5) is 2.57. The van der Waals surface area contributed by atoms with E-state index >= 15 is 0 Å². The van der Waals surface area contributed by atoms with E-state index in [2.05, 4.69) is 79.7 Å². The maximum atomic E-state index is 6.73. The first-order valence-corrected chi connectivity index (χ1v) is 25.2. The second kappa shape index (κ2) is 36.5. The molecule has 0 spiro atoms. The van der Waals surface area contributed by atoms with Crippen molar-refractivity contribution < 1.29 is 4.52 Å². The van der Waals surface area contributed by atoms with Crippen LogP contribution in [0.4, 0.5) is 11.4 Å². The van der Waals surface area contributed by atoms with Crippen molar-refractivity contribution in [3.8, 4) is 0 Å². The van der Waals surface area contributed by atoms with Gasteiger partial charge in [-0.2, -0.15) is 0 Å². The van der Waals surface area contributed by atoms with Crippen LogP contribution in [-0.2, 0) is 10.9 Å². The van der Waals surface area contributed by atoms with Gasteiger partial charge in [0.2, 0.25) is 0 Å². The summed E-state index contributed by atoms with van der Waals surface area (Å²) in [6, 6.07) is 6.47. The van der Waals surface area contributed by atoms with Gasteiger partial charge in [-0.1, -0.05) is 180 Å². The first kappa shape index (κ1) is 48.5. The molecule has 0 heterocycles. The lowest BCUT2D eigenvalue weighted by atomic mass is 10.0. The van der Waals surface area contributed by atoms with Crippen LogP contribution in [0.15, 0.2) is 18.2 Å². The fourth-order valence-electron chi connectivity index (χ4n) is 6.63. The Morgan fingerprint density at radius 1 is 0.686 bits per heavy atom. The summed E-state index contributed by atoms with van der Waals surface area (Å²) < 4.78 is 6.73. The maximum Gasteiger partial charge on any atom is 0.0903 e. The van der Waals surface area contributed by atoms with Gasteiger partial charge in [-0.05, 0) is 69.8 Å². The molecule has 5 nitrogen and oxygen atoms in total. The van der Waals surface area contributed by atoms with Gasteiger partial charge < -0.3 is 20.9 Å². The van der Waals surface area contributed by atoms with Gasteiger partial charge in [0.25, 0.3) is 0 Å². The topological polar surface area (TPSA) is 62.5 Å². The van der Waals surface area contributed by atoms with Crippen LogP contribution in [0.3, 0.4) is 0 Å². The van der Waals surface area contributed by atoms with Crippen LogP contribution >= 0.6 is 18.7 Å². The van der Waals surface area contributed by atoms with E-state index in [-0.39, 0.29) is 0 Å². The molecule has 0 aliphatic rings. The molecule has 300 valence electrons. The highest BCUT2D eigenvalue weighted by Gasteiger charge is 2.17. The summed E-state index contributed by atoms with van der Waals surface area (Å²) in [6.07, 6.45) is 36.9. The Morgan fingerprint density at radius 3 is 1.78 bits per heavy atom. The van der Waals surface area contributed by atoms with Crippen LogP contribution in [-0.4, -0.2) is 49.3 Å². The van der Waals surface area contributed by atoms with Crippen LogP contribution < -0.4 is 16.4 Å². The molecule has 0 bridgehead atoms. The van der Waals surface area contributed by atoms with E-state index in [9.17, 15) is 0 Å². The minimum absolute atomic E-state index is 0.360. The summed E-state index contributed by atoms with van der Waals surface area (Å²) in [7, 11) is -0.481. The fraction of sp³-hybridized carbons (Fsp3) is 0.864. The number of rotatable bonds is 39. The van der Waals surface area contributed by atoms with Crippen molar-refractivity contribution in [1.29, 1.82) is 0 Å². The zero-order valence-electron chi connectivity index (χ0n) is 34.7. The van der Waals surface area contributed by atoms with E-state index in [1.807, 2.05) is 0 Å². The molecule has 2 atom stereocenters. The molecule has 7 heteroatoms. The van der Waals surface area contributed by atoms with Crippen LogP contribution in [0.5, 0.6) is 0 Å². The van der Waals surface area contributed by atoms with E-state index in [0.717, 1.165) is 56.4 Å². The number of nitrogen functional groups attached to an aromatic ring is 1. The zero-order valence-corrected chi connectivity index (χ0v) is 36.4. The average molecular weight is 751 g/mol. The molecule has 0 aromatic heterocycles. The molecule has 0 aliphatic carbocycles. The molecule has 0 fully saturated rings. The van der Waals surface area contributed by atoms with E-state index in [0.29, 0.717) is 6.10 Å². The van der Waals surface area contributed by atoms with Gasteiger partial charge in [0.15, 0.2) is 0 Å². The van der Waals surface area contributed by atoms with Crippen LogP contribution in [0, 0.1) is 0 Å². The number of nitrogens with one attached hydrogen (secondary N) is 2. The average Bonchev–Trinajstić information content (AvgIpc) is 3.13. The third kappa shape index (κ3) is 29.5. The first-order valence-electron chi connectivity index (χ1n) is 22.2. The van der Waals surface area contributed by atoms with Crippen molar-refractivity contribution in [2.75, 3.05) is 49.4 Å². The Morgan fingerprint density at radius 2 is 1.22 bits per heavy atom. The lowest BCUT2D eigenvalue weighted by molar-refractivity contribution is 0.234.